The van der Waals surface area contributed by atoms with Crippen molar-refractivity contribution in [1.29, 1.82) is 0 Å². The molecule has 0 amide bonds. The Bertz CT molecular complexity index is 675. The number of carbonyl (C=O) groups excluding carboxylic acids is 2. The molecule has 1 heterocycles. The summed E-state index contributed by atoms with van der Waals surface area (Å²) < 4.78 is 21.3. The molecule has 1 saturated heterocycles. The highest BCUT2D eigenvalue weighted by Crippen LogP contribution is 2.29. The van der Waals surface area contributed by atoms with Crippen LogP contribution in [0, 0.1) is 0 Å². The summed E-state index contributed by atoms with van der Waals surface area (Å²) >= 11 is 0. The average Bonchev–Trinajstić information content (AvgIpc) is 2.68. The Kier molecular flexibility index (Phi) is 10.0. The number of nitrogens with two attached hydrogens (primary N) is 1. The molecule has 156 valence electrons. The van der Waals surface area contributed by atoms with Crippen LogP contribution in [0.15, 0.2) is 24.3 Å². The third-order valence-corrected chi connectivity index (χ3v) is 3.75. The predicted molar refractivity (Wildman–Crippen MR) is 104 cm³/mol. The van der Waals surface area contributed by atoms with Crippen molar-refractivity contribution in [2.75, 3.05) is 19.5 Å². The van der Waals surface area contributed by atoms with Crippen molar-refractivity contribution in [1.82, 2.24) is 0 Å². The number of methoxy groups -OCH3 is 1. The quantitative estimate of drug-likeness (QED) is 0.556. The SMILES string of the molecule is CC.COC(=O)C1CC(OC(C)=O)CC(Oc2ccc(/C=C/CO)cc2N)O1. The van der Waals surface area contributed by atoms with Crippen LogP contribution in [0.4, 0.5) is 5.69 Å². The van der Waals surface area contributed by atoms with Gasteiger partial charge in [0, 0.05) is 19.8 Å². The Morgan fingerprint density at radius 2 is 2.04 bits per heavy atom. The lowest BCUT2D eigenvalue weighted by Gasteiger charge is -2.33. The van der Waals surface area contributed by atoms with E-state index in [9.17, 15) is 9.59 Å². The van der Waals surface area contributed by atoms with E-state index < -0.39 is 30.4 Å². The molecule has 8 nitrogen and oxygen atoms in total. The number of nitrogen functional groups attached to an aromatic ring is 1. The van der Waals surface area contributed by atoms with Gasteiger partial charge >= 0.3 is 11.9 Å². The largest absolute Gasteiger partial charge is 0.467 e. The summed E-state index contributed by atoms with van der Waals surface area (Å²) in [5.74, 6) is -0.630. The maximum atomic E-state index is 11.8. The summed E-state index contributed by atoms with van der Waals surface area (Å²) in [6, 6.07) is 5.12. The van der Waals surface area contributed by atoms with E-state index in [2.05, 4.69) is 0 Å². The maximum Gasteiger partial charge on any atom is 0.335 e. The molecular weight excluding hydrogens is 366 g/mol. The molecule has 1 aromatic carbocycles. The highest BCUT2D eigenvalue weighted by Gasteiger charge is 2.37. The first-order valence-corrected chi connectivity index (χ1v) is 9.17. The van der Waals surface area contributed by atoms with Gasteiger partial charge in [-0.15, -0.1) is 0 Å². The highest BCUT2D eigenvalue weighted by molar-refractivity contribution is 5.75. The van der Waals surface area contributed by atoms with E-state index in [1.165, 1.54) is 14.0 Å². The van der Waals surface area contributed by atoms with Crippen LogP contribution in [0.1, 0.15) is 39.2 Å². The van der Waals surface area contributed by atoms with Crippen LogP contribution >= 0.6 is 0 Å². The van der Waals surface area contributed by atoms with Crippen molar-refractivity contribution in [2.24, 2.45) is 0 Å². The molecule has 3 N–H and O–H groups in total. The molecule has 3 atom stereocenters. The second-order valence-corrected chi connectivity index (χ2v) is 5.78. The molecule has 0 radical (unpaired) electrons. The normalized spacial score (nSPS) is 21.4. The number of anilines is 1. The number of aliphatic hydroxyl groups excluding tert-OH is 1. The molecule has 28 heavy (non-hydrogen) atoms. The Morgan fingerprint density at radius 1 is 1.32 bits per heavy atom. The summed E-state index contributed by atoms with van der Waals surface area (Å²) in [5, 5.41) is 8.81. The molecule has 0 aliphatic carbocycles. The van der Waals surface area contributed by atoms with E-state index >= 15 is 0 Å². The standard InChI is InChI=1S/C18H23NO7.C2H6/c1-11(21)24-13-9-16(18(22)23-2)26-17(10-13)25-15-6-5-12(4-3-7-20)8-14(15)19;1-2/h3-6,8,13,16-17,20H,7,9-10,19H2,1-2H3;1-2H3/b4-3+;. The van der Waals surface area contributed by atoms with Crippen LogP contribution in [0.2, 0.25) is 0 Å². The molecule has 0 bridgehead atoms. The molecule has 0 aromatic heterocycles. The van der Waals surface area contributed by atoms with Gasteiger partial charge in [0.05, 0.1) is 19.4 Å². The molecule has 1 fully saturated rings. The Labute approximate surface area is 165 Å². The van der Waals surface area contributed by atoms with Gasteiger partial charge < -0.3 is 29.8 Å². The molecule has 0 saturated carbocycles. The predicted octanol–water partition coefficient (Wildman–Crippen LogP) is 2.29. The second kappa shape index (κ2) is 12.0. The van der Waals surface area contributed by atoms with Crippen LogP contribution in [-0.4, -0.2) is 49.3 Å². The van der Waals surface area contributed by atoms with Gasteiger partial charge in [-0.05, 0) is 17.7 Å². The lowest BCUT2D eigenvalue weighted by Crippen LogP contribution is -2.44. The van der Waals surface area contributed by atoms with Crippen LogP contribution in [0.25, 0.3) is 6.08 Å². The molecule has 1 aliphatic heterocycles. The summed E-state index contributed by atoms with van der Waals surface area (Å²) in [5.41, 5.74) is 7.17. The molecule has 3 unspecified atom stereocenters. The van der Waals surface area contributed by atoms with E-state index in [4.69, 9.17) is 29.8 Å². The number of aliphatic hydroxyl groups is 1. The smallest absolute Gasteiger partial charge is 0.335 e. The van der Waals surface area contributed by atoms with Gasteiger partial charge in [-0.3, -0.25) is 4.79 Å². The van der Waals surface area contributed by atoms with Crippen LogP contribution in [-0.2, 0) is 23.8 Å². The van der Waals surface area contributed by atoms with Gasteiger partial charge in [0.1, 0.15) is 11.9 Å². The van der Waals surface area contributed by atoms with Crippen LogP contribution in [0.5, 0.6) is 5.75 Å². The number of hydrogen-bond acceptors (Lipinski definition) is 8. The average molecular weight is 395 g/mol. The molecule has 0 spiro atoms. The second-order valence-electron chi connectivity index (χ2n) is 5.78. The van der Waals surface area contributed by atoms with Crippen molar-refractivity contribution in [3.05, 3.63) is 29.8 Å². The zero-order valence-corrected chi connectivity index (χ0v) is 16.7. The molecule has 8 heteroatoms. The topological polar surface area (TPSA) is 117 Å². The molecule has 1 aromatic rings. The molecule has 2 rings (SSSR count). The Balaban J connectivity index is 0.00000190. The monoisotopic (exact) mass is 395 g/mol. The van der Waals surface area contributed by atoms with Crippen LogP contribution in [0.3, 0.4) is 0 Å². The van der Waals surface area contributed by atoms with Crippen molar-refractivity contribution < 1.29 is 33.6 Å². The number of rotatable bonds is 6. The first-order chi connectivity index (χ1) is 13.4. The Hall–Kier alpha value is -2.58. The first kappa shape index (κ1) is 23.5. The van der Waals surface area contributed by atoms with Crippen LogP contribution < -0.4 is 10.5 Å². The summed E-state index contributed by atoms with van der Waals surface area (Å²) in [6.07, 6.45) is 1.54. The summed E-state index contributed by atoms with van der Waals surface area (Å²) in [7, 11) is 1.26. The lowest BCUT2D eigenvalue weighted by atomic mass is 10.0. The fourth-order valence-corrected chi connectivity index (χ4v) is 2.64. The molecule has 1 aliphatic rings. The van der Waals surface area contributed by atoms with Crippen molar-refractivity contribution in [3.8, 4) is 5.75 Å². The van der Waals surface area contributed by atoms with Crippen molar-refractivity contribution in [2.45, 2.75) is 52.1 Å². The zero-order valence-electron chi connectivity index (χ0n) is 16.7. The zero-order chi connectivity index (χ0) is 21.1. The third kappa shape index (κ3) is 7.21. The number of ether oxygens (including phenoxy) is 4. The molecular formula is C20H29NO7. The van der Waals surface area contributed by atoms with E-state index in [0.717, 1.165) is 5.56 Å². The third-order valence-electron chi connectivity index (χ3n) is 3.75. The summed E-state index contributed by atoms with van der Waals surface area (Å²) in [6.45, 7) is 5.23. The highest BCUT2D eigenvalue weighted by atomic mass is 16.7. The van der Waals surface area contributed by atoms with E-state index in [1.54, 1.807) is 30.4 Å². The van der Waals surface area contributed by atoms with E-state index in [1.807, 2.05) is 13.8 Å². The van der Waals surface area contributed by atoms with Gasteiger partial charge in [-0.25, -0.2) is 4.79 Å². The van der Waals surface area contributed by atoms with Crippen molar-refractivity contribution >= 4 is 23.7 Å². The minimum Gasteiger partial charge on any atom is -0.467 e. The number of hydrogen-bond donors (Lipinski definition) is 2. The first-order valence-electron chi connectivity index (χ1n) is 9.17. The number of carbonyl (C=O) groups is 2. The van der Waals surface area contributed by atoms with Gasteiger partial charge in [0.15, 0.2) is 6.10 Å². The van der Waals surface area contributed by atoms with Gasteiger partial charge in [-0.1, -0.05) is 32.1 Å². The lowest BCUT2D eigenvalue weighted by molar-refractivity contribution is -0.204. The van der Waals surface area contributed by atoms with Gasteiger partial charge in [0.25, 0.3) is 0 Å². The minimum absolute atomic E-state index is 0.0689. The van der Waals surface area contributed by atoms with Crippen molar-refractivity contribution in [3.63, 3.8) is 0 Å². The minimum atomic E-state index is -0.893. The maximum absolute atomic E-state index is 11.8. The van der Waals surface area contributed by atoms with Gasteiger partial charge in [0.2, 0.25) is 6.29 Å². The summed E-state index contributed by atoms with van der Waals surface area (Å²) in [4.78, 5) is 23.0. The van der Waals surface area contributed by atoms with E-state index in [-0.39, 0.29) is 19.4 Å². The number of esters is 2. The van der Waals surface area contributed by atoms with Gasteiger partial charge in [-0.2, -0.15) is 0 Å². The fraction of sp³-hybridized carbons (Fsp3) is 0.500. The fourth-order valence-electron chi connectivity index (χ4n) is 2.64. The number of benzene rings is 1. The Morgan fingerprint density at radius 3 is 2.61 bits per heavy atom. The van der Waals surface area contributed by atoms with E-state index in [0.29, 0.717) is 11.4 Å².